The molecule has 0 N–H and O–H groups in total. The van der Waals surface area contributed by atoms with E-state index in [0.29, 0.717) is 35.2 Å². The van der Waals surface area contributed by atoms with Gasteiger partial charge in [-0.2, -0.15) is 19.9 Å². The highest BCUT2D eigenvalue weighted by Gasteiger charge is 2.29. The number of hydrogen-bond acceptors (Lipinski definition) is 6. The van der Waals surface area contributed by atoms with Gasteiger partial charge in [-0.05, 0) is 83.8 Å². The van der Waals surface area contributed by atoms with Crippen LogP contribution >= 0.6 is 0 Å². The van der Waals surface area contributed by atoms with Gasteiger partial charge in [-0.25, -0.2) is 9.97 Å². The second-order valence-electron chi connectivity index (χ2n) is 23.9. The molecule has 0 fully saturated rings. The van der Waals surface area contributed by atoms with E-state index in [4.69, 9.17) is 29.9 Å². The van der Waals surface area contributed by atoms with Crippen molar-refractivity contribution < 1.29 is 0 Å². The molecule has 0 unspecified atom stereocenters. The smallest absolute Gasteiger partial charge is 0.238 e. The lowest BCUT2D eigenvalue weighted by Crippen LogP contribution is -2.07. The van der Waals surface area contributed by atoms with Crippen LogP contribution in [0.3, 0.4) is 0 Å². The normalized spacial score (nSPS) is 11.8. The van der Waals surface area contributed by atoms with Crippen LogP contribution in [0.2, 0.25) is 0 Å². The summed E-state index contributed by atoms with van der Waals surface area (Å²) in [5.74, 6) is 3.20. The third-order valence-electron chi connectivity index (χ3n) is 18.4. The van der Waals surface area contributed by atoms with Crippen molar-refractivity contribution in [2.75, 3.05) is 0 Å². The summed E-state index contributed by atoms with van der Waals surface area (Å²) in [5, 5.41) is 7.53. The van der Waals surface area contributed by atoms with E-state index in [1.54, 1.807) is 0 Å². The van der Waals surface area contributed by atoms with Crippen LogP contribution in [0.5, 0.6) is 0 Å². The van der Waals surface area contributed by atoms with Crippen molar-refractivity contribution >= 4 is 82.4 Å². The predicted molar refractivity (Wildman–Crippen MR) is 390 cm³/mol. The molecule has 95 heavy (non-hydrogen) atoms. The van der Waals surface area contributed by atoms with Crippen molar-refractivity contribution in [1.29, 1.82) is 0 Å². The van der Waals surface area contributed by atoms with Crippen molar-refractivity contribution in [3.05, 3.63) is 321 Å². The molecule has 0 aliphatic carbocycles. The van der Waals surface area contributed by atoms with Gasteiger partial charge in [0.25, 0.3) is 0 Å². The number of allylic oxidation sites excluding steroid dienone is 2. The van der Waals surface area contributed by atoms with Gasteiger partial charge in [0.15, 0.2) is 23.3 Å². The first-order valence-electron chi connectivity index (χ1n) is 31.9. The summed E-state index contributed by atoms with van der Waals surface area (Å²) >= 11 is 0. The Labute approximate surface area is 546 Å². The third-order valence-corrected chi connectivity index (χ3v) is 18.4. The number of fused-ring (bicyclic) bond motifs is 12. The maximum absolute atomic E-state index is 5.64. The van der Waals surface area contributed by atoms with Crippen LogP contribution in [-0.4, -0.2) is 48.2 Å². The molecule has 0 bridgehead atoms. The van der Waals surface area contributed by atoms with Crippen LogP contribution < -0.4 is 0 Å². The Bertz CT molecular complexity index is 6080. The molecular weight excluding hydrogens is 1160 g/mol. The fraction of sp³-hybridized carbons (Fsp3) is 0.0118. The van der Waals surface area contributed by atoms with Gasteiger partial charge in [0.1, 0.15) is 0 Å². The third kappa shape index (κ3) is 9.02. The highest BCUT2D eigenvalue weighted by molar-refractivity contribution is 6.28. The number of aromatic nitrogens is 10. The fourth-order valence-electron chi connectivity index (χ4n) is 14.2. The Hall–Kier alpha value is -12.9. The minimum atomic E-state index is 0.494. The van der Waals surface area contributed by atoms with E-state index in [-0.39, 0.29) is 0 Å². The second kappa shape index (κ2) is 22.5. The summed E-state index contributed by atoms with van der Waals surface area (Å²) in [5.41, 5.74) is 19.0. The quantitative estimate of drug-likeness (QED) is 0.113. The summed E-state index contributed by atoms with van der Waals surface area (Å²) < 4.78 is 9.30. The maximum atomic E-state index is 5.64. The van der Waals surface area contributed by atoms with Gasteiger partial charge in [-0.1, -0.05) is 261 Å². The van der Waals surface area contributed by atoms with E-state index in [9.17, 15) is 0 Å². The molecule has 10 heteroatoms. The summed E-state index contributed by atoms with van der Waals surface area (Å²) in [6.07, 6.45) is 6.00. The molecule has 18 rings (SSSR count). The largest absolute Gasteiger partial charge is 0.311 e. The Morgan fingerprint density at radius 3 is 1.28 bits per heavy atom. The predicted octanol–water partition coefficient (Wildman–Crippen LogP) is 20.8. The fourth-order valence-corrected chi connectivity index (χ4v) is 14.2. The molecule has 0 spiro atoms. The summed E-state index contributed by atoms with van der Waals surface area (Å²) in [4.78, 5) is 32.9. The first-order valence-corrected chi connectivity index (χ1v) is 31.9. The zero-order valence-corrected chi connectivity index (χ0v) is 51.6. The van der Waals surface area contributed by atoms with E-state index in [2.05, 4.69) is 287 Å². The molecule has 0 saturated carbocycles. The molecule has 446 valence electrons. The van der Waals surface area contributed by atoms with Gasteiger partial charge in [0, 0.05) is 82.6 Å². The zero-order chi connectivity index (χ0) is 63.1. The van der Waals surface area contributed by atoms with Crippen LogP contribution in [0.4, 0.5) is 0 Å². The van der Waals surface area contributed by atoms with Crippen LogP contribution in [0, 0.1) is 6.92 Å². The molecule has 0 atom stereocenters. The molecule has 10 nitrogen and oxygen atoms in total. The van der Waals surface area contributed by atoms with Crippen molar-refractivity contribution in [2.24, 2.45) is 0 Å². The number of hydrogen-bond donors (Lipinski definition) is 0. The standard InChI is InChI=1S/C85H56N10/c1-3-4-39-64-54(2)92(62-35-16-8-17-36-62)76-67(64)50-51-68-65-40-20-24-44-73(65)94(77(68)76)84-88-81(58-31-14-7-15-32-58)87-83(91-84)61-34-26-33-60(52-61)70-53-71-66-41-21-23-43-72(66)93(63-37-18-9-19-38-63)78(71)79-75(70)69-42-22-25-45-74(69)95(79)85-89-80(57-29-12-6-13-30-57)86-82(90-85)59-48-46-56(47-49-59)55-27-10-5-11-28-55/h3-53H,1H2,2H3/b39-4-. The Morgan fingerprint density at radius 2 is 0.695 bits per heavy atom. The topological polar surface area (TPSA) is 97.1 Å². The Balaban J connectivity index is 0.909. The van der Waals surface area contributed by atoms with Crippen molar-refractivity contribution in [3.8, 4) is 91.1 Å². The van der Waals surface area contributed by atoms with E-state index in [0.717, 1.165) is 143 Å². The van der Waals surface area contributed by atoms with Crippen LogP contribution in [0.15, 0.2) is 310 Å². The maximum Gasteiger partial charge on any atom is 0.238 e. The molecule has 0 amide bonds. The number of para-hydroxylation sites is 5. The lowest BCUT2D eigenvalue weighted by atomic mass is 9.95. The lowest BCUT2D eigenvalue weighted by Gasteiger charge is -2.15. The minimum Gasteiger partial charge on any atom is -0.311 e. The molecule has 0 aliphatic heterocycles. The average Bonchev–Trinajstić information content (AvgIpc) is 1.54. The molecule has 0 radical (unpaired) electrons. The van der Waals surface area contributed by atoms with Gasteiger partial charge in [0.2, 0.25) is 11.9 Å². The van der Waals surface area contributed by atoms with Crippen LogP contribution in [-0.2, 0) is 0 Å². The lowest BCUT2D eigenvalue weighted by molar-refractivity contribution is 0.951. The minimum absolute atomic E-state index is 0.494. The van der Waals surface area contributed by atoms with Crippen molar-refractivity contribution in [3.63, 3.8) is 0 Å². The highest BCUT2D eigenvalue weighted by Crippen LogP contribution is 2.48. The SMILES string of the molecule is C=C/C=C\c1c(C)n(-c2ccccc2)c2c1ccc1c3ccccc3n(-c3nc(-c4ccccc4)nc(-c4cccc(-c5cc6c7ccccc7n(-c7ccccc7)c6c6c5c5ccccc5n6-c5nc(-c6ccccc6)nc(-c6ccc(-c7ccccc7)cc6)n5)c4)n3)c12. The van der Waals surface area contributed by atoms with E-state index in [1.165, 1.54) is 0 Å². The average molecular weight is 1220 g/mol. The molecule has 0 aliphatic rings. The van der Waals surface area contributed by atoms with Crippen LogP contribution in [0.1, 0.15) is 11.3 Å². The highest BCUT2D eigenvalue weighted by atomic mass is 15.2. The van der Waals surface area contributed by atoms with Gasteiger partial charge >= 0.3 is 0 Å². The van der Waals surface area contributed by atoms with Gasteiger partial charge < -0.3 is 9.13 Å². The number of rotatable bonds is 12. The second-order valence-corrected chi connectivity index (χ2v) is 23.9. The van der Waals surface area contributed by atoms with E-state index >= 15 is 0 Å². The van der Waals surface area contributed by atoms with E-state index < -0.39 is 0 Å². The molecule has 0 saturated heterocycles. The number of nitrogens with zero attached hydrogens (tertiary/aromatic N) is 10. The molecule has 6 heterocycles. The zero-order valence-electron chi connectivity index (χ0n) is 51.6. The summed E-state index contributed by atoms with van der Waals surface area (Å²) in [7, 11) is 0. The van der Waals surface area contributed by atoms with Gasteiger partial charge in [0.05, 0.1) is 38.6 Å². The van der Waals surface area contributed by atoms with Gasteiger partial charge in [-0.15, -0.1) is 0 Å². The molecule has 6 aromatic heterocycles. The summed E-state index contributed by atoms with van der Waals surface area (Å²) in [6, 6.07) is 102. The van der Waals surface area contributed by atoms with Crippen molar-refractivity contribution in [1.82, 2.24) is 48.2 Å². The first kappa shape index (κ1) is 55.0. The van der Waals surface area contributed by atoms with Crippen molar-refractivity contribution in [2.45, 2.75) is 6.92 Å². The monoisotopic (exact) mass is 1220 g/mol. The number of benzene rings is 12. The molecule has 18 aromatic rings. The van der Waals surface area contributed by atoms with E-state index in [1.807, 2.05) is 54.6 Å². The Kier molecular flexibility index (Phi) is 13.0. The van der Waals surface area contributed by atoms with Crippen LogP contribution in [0.25, 0.3) is 173 Å². The Morgan fingerprint density at radius 1 is 0.295 bits per heavy atom. The molecule has 12 aromatic carbocycles. The molecular formula is C85H56N10. The summed E-state index contributed by atoms with van der Waals surface area (Å²) in [6.45, 7) is 6.24. The van der Waals surface area contributed by atoms with Gasteiger partial charge in [-0.3, -0.25) is 9.13 Å². The first-order chi connectivity index (χ1) is 47.0.